The van der Waals surface area contributed by atoms with E-state index in [0.717, 1.165) is 24.1 Å². The van der Waals surface area contributed by atoms with Crippen LogP contribution < -0.4 is 0 Å². The van der Waals surface area contributed by atoms with Crippen molar-refractivity contribution in [3.8, 4) is 0 Å². The zero-order valence-electron chi connectivity index (χ0n) is 8.74. The molecule has 14 heavy (non-hydrogen) atoms. The van der Waals surface area contributed by atoms with Crippen molar-refractivity contribution in [1.29, 1.82) is 0 Å². The lowest BCUT2D eigenvalue weighted by Crippen LogP contribution is -2.26. The van der Waals surface area contributed by atoms with Crippen LogP contribution in [0.4, 0.5) is 0 Å². The standard InChI is InChI=1S/C10H15NO2S/c1-4-10(5-2,13-3)9-11-8(6-12)7-14-9/h6-7H,4-5H2,1-3H3. The van der Waals surface area contributed by atoms with Crippen molar-refractivity contribution in [2.24, 2.45) is 0 Å². The minimum Gasteiger partial charge on any atom is -0.371 e. The second-order valence-electron chi connectivity index (χ2n) is 3.10. The van der Waals surface area contributed by atoms with Crippen molar-refractivity contribution in [1.82, 2.24) is 4.98 Å². The Kier molecular flexibility index (Phi) is 3.77. The zero-order valence-corrected chi connectivity index (χ0v) is 9.56. The van der Waals surface area contributed by atoms with Gasteiger partial charge in [-0.2, -0.15) is 0 Å². The third kappa shape index (κ3) is 1.86. The molecule has 0 fully saturated rings. The van der Waals surface area contributed by atoms with Crippen molar-refractivity contribution >= 4 is 17.6 Å². The SMILES string of the molecule is CCC(CC)(OC)c1nc(C=O)cs1. The van der Waals surface area contributed by atoms with Gasteiger partial charge in [-0.05, 0) is 12.8 Å². The molecule has 0 atom stereocenters. The highest BCUT2D eigenvalue weighted by Crippen LogP contribution is 2.34. The Bertz CT molecular complexity index is 297. The molecule has 1 heterocycles. The number of nitrogens with zero attached hydrogens (tertiary/aromatic N) is 1. The van der Waals surface area contributed by atoms with Crippen molar-refractivity contribution < 1.29 is 9.53 Å². The highest BCUT2D eigenvalue weighted by Gasteiger charge is 2.31. The summed E-state index contributed by atoms with van der Waals surface area (Å²) in [6, 6.07) is 0. The first kappa shape index (κ1) is 11.3. The quantitative estimate of drug-likeness (QED) is 0.706. The van der Waals surface area contributed by atoms with Gasteiger partial charge < -0.3 is 4.74 Å². The van der Waals surface area contributed by atoms with Crippen molar-refractivity contribution in [3.63, 3.8) is 0 Å². The van der Waals surface area contributed by atoms with Gasteiger partial charge in [-0.1, -0.05) is 13.8 Å². The number of ether oxygens (including phenoxy) is 1. The first-order valence-corrected chi connectivity index (χ1v) is 5.56. The largest absolute Gasteiger partial charge is 0.371 e. The van der Waals surface area contributed by atoms with Gasteiger partial charge in [-0.25, -0.2) is 4.98 Å². The molecular formula is C10H15NO2S. The van der Waals surface area contributed by atoms with Crippen LogP contribution in [-0.4, -0.2) is 18.4 Å². The van der Waals surface area contributed by atoms with Crippen LogP contribution >= 0.6 is 11.3 Å². The maximum Gasteiger partial charge on any atom is 0.169 e. The van der Waals surface area contributed by atoms with Crippen LogP contribution in [0.3, 0.4) is 0 Å². The fourth-order valence-electron chi connectivity index (χ4n) is 1.48. The molecule has 0 unspecified atom stereocenters. The monoisotopic (exact) mass is 213 g/mol. The van der Waals surface area contributed by atoms with Gasteiger partial charge in [0.1, 0.15) is 16.3 Å². The lowest BCUT2D eigenvalue weighted by molar-refractivity contribution is -0.0219. The molecule has 0 amide bonds. The minimum absolute atomic E-state index is 0.314. The van der Waals surface area contributed by atoms with Crippen LogP contribution in [0, 0.1) is 0 Å². The Morgan fingerprint density at radius 1 is 1.57 bits per heavy atom. The number of aldehydes is 1. The van der Waals surface area contributed by atoms with Gasteiger partial charge in [0.15, 0.2) is 6.29 Å². The fourth-order valence-corrected chi connectivity index (χ4v) is 2.56. The summed E-state index contributed by atoms with van der Waals surface area (Å²) >= 11 is 1.49. The Morgan fingerprint density at radius 2 is 2.21 bits per heavy atom. The van der Waals surface area contributed by atoms with Crippen LogP contribution in [0.5, 0.6) is 0 Å². The van der Waals surface area contributed by atoms with E-state index in [2.05, 4.69) is 18.8 Å². The van der Waals surface area contributed by atoms with E-state index in [9.17, 15) is 4.79 Å². The van der Waals surface area contributed by atoms with Gasteiger partial charge in [0.25, 0.3) is 0 Å². The van der Waals surface area contributed by atoms with Crippen LogP contribution in [0.2, 0.25) is 0 Å². The molecule has 1 aromatic heterocycles. The molecule has 0 aliphatic carbocycles. The molecule has 1 aromatic rings. The summed E-state index contributed by atoms with van der Waals surface area (Å²) in [5.41, 5.74) is 0.180. The molecule has 1 rings (SSSR count). The van der Waals surface area contributed by atoms with Crippen molar-refractivity contribution in [3.05, 3.63) is 16.1 Å². The number of hydrogen-bond donors (Lipinski definition) is 0. The average molecular weight is 213 g/mol. The van der Waals surface area contributed by atoms with E-state index < -0.39 is 0 Å². The molecule has 0 bridgehead atoms. The third-order valence-electron chi connectivity index (χ3n) is 2.57. The normalized spacial score (nSPS) is 11.6. The van der Waals surface area contributed by atoms with Gasteiger partial charge in [-0.15, -0.1) is 11.3 Å². The second kappa shape index (κ2) is 4.66. The van der Waals surface area contributed by atoms with E-state index in [0.29, 0.717) is 5.69 Å². The Hall–Kier alpha value is -0.740. The fraction of sp³-hybridized carbons (Fsp3) is 0.600. The number of carbonyl (C=O) groups is 1. The summed E-state index contributed by atoms with van der Waals surface area (Å²) in [5, 5.41) is 2.66. The van der Waals surface area contributed by atoms with Gasteiger partial charge in [0, 0.05) is 12.5 Å². The minimum atomic E-state index is -0.314. The predicted octanol–water partition coefficient (Wildman–Crippen LogP) is 2.62. The molecule has 0 aliphatic rings. The summed E-state index contributed by atoms with van der Waals surface area (Å²) in [6.45, 7) is 4.13. The van der Waals surface area contributed by atoms with Gasteiger partial charge in [-0.3, -0.25) is 4.79 Å². The van der Waals surface area contributed by atoms with Crippen molar-refractivity contribution in [2.75, 3.05) is 7.11 Å². The lowest BCUT2D eigenvalue weighted by Gasteiger charge is -2.27. The number of carbonyl (C=O) groups excluding carboxylic acids is 1. The number of hydrogen-bond acceptors (Lipinski definition) is 4. The van der Waals surface area contributed by atoms with E-state index >= 15 is 0 Å². The first-order valence-electron chi connectivity index (χ1n) is 4.68. The highest BCUT2D eigenvalue weighted by atomic mass is 32.1. The van der Waals surface area contributed by atoms with E-state index in [1.807, 2.05) is 0 Å². The summed E-state index contributed by atoms with van der Waals surface area (Å²) in [6.07, 6.45) is 2.50. The lowest BCUT2D eigenvalue weighted by atomic mass is 9.98. The topological polar surface area (TPSA) is 39.2 Å². The van der Waals surface area contributed by atoms with Gasteiger partial charge in [0.2, 0.25) is 0 Å². The highest BCUT2D eigenvalue weighted by molar-refractivity contribution is 7.10. The Morgan fingerprint density at radius 3 is 2.57 bits per heavy atom. The van der Waals surface area contributed by atoms with Crippen molar-refractivity contribution in [2.45, 2.75) is 32.3 Å². The molecule has 0 aromatic carbocycles. The summed E-state index contributed by atoms with van der Waals surface area (Å²) in [5.74, 6) is 0. The summed E-state index contributed by atoms with van der Waals surface area (Å²) in [4.78, 5) is 14.8. The smallest absolute Gasteiger partial charge is 0.169 e. The van der Waals surface area contributed by atoms with Gasteiger partial charge in [0.05, 0.1) is 0 Å². The molecular weight excluding hydrogens is 198 g/mol. The Balaban J connectivity index is 3.04. The van der Waals surface area contributed by atoms with E-state index in [1.165, 1.54) is 11.3 Å². The van der Waals surface area contributed by atoms with Gasteiger partial charge >= 0.3 is 0 Å². The molecule has 0 aliphatic heterocycles. The van der Waals surface area contributed by atoms with E-state index in [-0.39, 0.29) is 5.60 Å². The number of methoxy groups -OCH3 is 1. The van der Waals surface area contributed by atoms with Crippen LogP contribution in [0.25, 0.3) is 0 Å². The second-order valence-corrected chi connectivity index (χ2v) is 3.96. The molecule has 4 heteroatoms. The van der Waals surface area contributed by atoms with Crippen LogP contribution in [0.15, 0.2) is 5.38 Å². The molecule has 3 nitrogen and oxygen atoms in total. The summed E-state index contributed by atoms with van der Waals surface area (Å²) < 4.78 is 5.51. The zero-order chi connectivity index (χ0) is 10.6. The number of aromatic nitrogens is 1. The maximum atomic E-state index is 10.5. The molecule has 0 spiro atoms. The summed E-state index contributed by atoms with van der Waals surface area (Å²) in [7, 11) is 1.69. The molecule has 0 saturated carbocycles. The Labute approximate surface area is 88.1 Å². The molecule has 0 N–H and O–H groups in total. The predicted molar refractivity (Wildman–Crippen MR) is 56.8 cm³/mol. The first-order chi connectivity index (χ1) is 6.72. The number of rotatable bonds is 5. The number of thiazole rings is 1. The molecule has 0 radical (unpaired) electrons. The van der Waals surface area contributed by atoms with Crippen LogP contribution in [-0.2, 0) is 10.3 Å². The average Bonchev–Trinajstić information content (AvgIpc) is 2.71. The third-order valence-corrected chi connectivity index (χ3v) is 3.61. The van der Waals surface area contributed by atoms with E-state index in [4.69, 9.17) is 4.74 Å². The van der Waals surface area contributed by atoms with Crippen LogP contribution in [0.1, 0.15) is 42.2 Å². The molecule has 0 saturated heterocycles. The van der Waals surface area contributed by atoms with E-state index in [1.54, 1.807) is 12.5 Å². The molecule has 78 valence electrons. The maximum absolute atomic E-state index is 10.5.